The Bertz CT molecular complexity index is 206. The zero-order chi connectivity index (χ0) is 10.4. The molecule has 0 heterocycles. The van der Waals surface area contributed by atoms with Crippen LogP contribution >= 0.6 is 0 Å². The molecule has 0 amide bonds. The first-order chi connectivity index (χ1) is 6.00. The lowest BCUT2D eigenvalue weighted by atomic mass is 10.0. The maximum Gasteiger partial charge on any atom is 0.324 e. The third-order valence-corrected chi connectivity index (χ3v) is 1.50. The molecule has 0 aromatic heterocycles. The van der Waals surface area contributed by atoms with Crippen LogP contribution in [0.4, 0.5) is 0 Å². The zero-order valence-electron chi connectivity index (χ0n) is 8.12. The number of Topliss-reactive ketones (excluding diaryl/α,β-unsaturated/α-hetero) is 2. The fraction of sp³-hybridized carbons (Fsp3) is 0.667. The third kappa shape index (κ3) is 3.83. The van der Waals surface area contributed by atoms with Gasteiger partial charge < -0.3 is 4.74 Å². The minimum atomic E-state index is -1.23. The van der Waals surface area contributed by atoms with Crippen LogP contribution in [0.2, 0.25) is 0 Å². The van der Waals surface area contributed by atoms with E-state index in [4.69, 9.17) is 4.74 Å². The molecular weight excluding hydrogens is 172 g/mol. The lowest BCUT2D eigenvalue weighted by Gasteiger charge is -2.08. The van der Waals surface area contributed by atoms with Gasteiger partial charge in [-0.15, -0.1) is 0 Å². The monoisotopic (exact) mass is 186 g/mol. The first kappa shape index (κ1) is 11.8. The maximum atomic E-state index is 11.1. The van der Waals surface area contributed by atoms with Gasteiger partial charge in [0.1, 0.15) is 0 Å². The van der Waals surface area contributed by atoms with Gasteiger partial charge in [0.15, 0.2) is 17.5 Å². The van der Waals surface area contributed by atoms with Gasteiger partial charge in [-0.25, -0.2) is 0 Å². The van der Waals surface area contributed by atoms with E-state index in [9.17, 15) is 14.4 Å². The molecule has 4 nitrogen and oxygen atoms in total. The highest BCUT2D eigenvalue weighted by Gasteiger charge is 2.29. The topological polar surface area (TPSA) is 60.4 Å². The van der Waals surface area contributed by atoms with Crippen LogP contribution in [0, 0.1) is 5.92 Å². The Morgan fingerprint density at radius 3 is 1.92 bits per heavy atom. The molecular formula is C9H14O4. The van der Waals surface area contributed by atoms with Crippen molar-refractivity contribution in [2.75, 3.05) is 6.61 Å². The van der Waals surface area contributed by atoms with Gasteiger partial charge in [0, 0.05) is 0 Å². The van der Waals surface area contributed by atoms with Gasteiger partial charge in [-0.3, -0.25) is 14.4 Å². The minimum absolute atomic E-state index is 0.246. The highest BCUT2D eigenvalue weighted by Crippen LogP contribution is 2.03. The molecule has 0 bridgehead atoms. The van der Waals surface area contributed by atoms with Gasteiger partial charge in [0.05, 0.1) is 6.61 Å². The molecule has 0 aromatic carbocycles. The Morgan fingerprint density at radius 2 is 1.62 bits per heavy atom. The molecule has 0 unspecified atom stereocenters. The summed E-state index contributed by atoms with van der Waals surface area (Å²) in [6, 6.07) is 0. The molecule has 0 saturated carbocycles. The summed E-state index contributed by atoms with van der Waals surface area (Å²) in [7, 11) is 0. The van der Waals surface area contributed by atoms with Crippen molar-refractivity contribution in [1.82, 2.24) is 0 Å². The van der Waals surface area contributed by atoms with Crippen LogP contribution in [0.25, 0.3) is 0 Å². The summed E-state index contributed by atoms with van der Waals surface area (Å²) < 4.78 is 4.70. The van der Waals surface area contributed by atoms with Gasteiger partial charge in [-0.2, -0.15) is 0 Å². The lowest BCUT2D eigenvalue weighted by molar-refractivity contribution is -0.154. The molecule has 0 fully saturated rings. The van der Waals surface area contributed by atoms with Crippen molar-refractivity contribution in [1.29, 1.82) is 0 Å². The highest BCUT2D eigenvalue weighted by atomic mass is 16.5. The Morgan fingerprint density at radius 1 is 1.15 bits per heavy atom. The Hall–Kier alpha value is -1.19. The summed E-state index contributed by atoms with van der Waals surface area (Å²) in [5.41, 5.74) is 0. The summed E-state index contributed by atoms with van der Waals surface area (Å²) in [6.07, 6.45) is 0.675. The molecule has 0 rings (SSSR count). The van der Waals surface area contributed by atoms with E-state index in [0.717, 1.165) is 0 Å². The van der Waals surface area contributed by atoms with Crippen LogP contribution in [0.3, 0.4) is 0 Å². The van der Waals surface area contributed by atoms with Crippen molar-refractivity contribution in [2.24, 2.45) is 5.92 Å². The van der Waals surface area contributed by atoms with E-state index in [-0.39, 0.29) is 6.61 Å². The summed E-state index contributed by atoms with van der Waals surface area (Å²) >= 11 is 0. The molecule has 13 heavy (non-hydrogen) atoms. The molecule has 0 atom stereocenters. The van der Waals surface area contributed by atoms with Gasteiger partial charge in [-0.1, -0.05) is 6.92 Å². The predicted molar refractivity (Wildman–Crippen MR) is 46.1 cm³/mol. The molecule has 0 aliphatic rings. The average Bonchev–Trinajstić information content (AvgIpc) is 1.99. The van der Waals surface area contributed by atoms with Crippen LogP contribution < -0.4 is 0 Å². The van der Waals surface area contributed by atoms with E-state index >= 15 is 0 Å². The summed E-state index contributed by atoms with van der Waals surface area (Å²) in [4.78, 5) is 32.9. The van der Waals surface area contributed by atoms with Crippen molar-refractivity contribution in [2.45, 2.75) is 27.2 Å². The standard InChI is InChI=1S/C9H14O4/c1-4-5-13-9(12)8(6(2)10)7(3)11/h8H,4-5H2,1-3H3. The fourth-order valence-corrected chi connectivity index (χ4v) is 0.904. The quantitative estimate of drug-likeness (QED) is 0.469. The highest BCUT2D eigenvalue weighted by molar-refractivity contribution is 6.15. The second-order valence-electron chi connectivity index (χ2n) is 2.82. The van der Waals surface area contributed by atoms with Crippen molar-refractivity contribution in [3.05, 3.63) is 0 Å². The van der Waals surface area contributed by atoms with Crippen LogP contribution in [0.15, 0.2) is 0 Å². The predicted octanol–water partition coefficient (Wildman–Crippen LogP) is 0.734. The van der Waals surface area contributed by atoms with Crippen molar-refractivity contribution >= 4 is 17.5 Å². The van der Waals surface area contributed by atoms with Gasteiger partial charge >= 0.3 is 5.97 Å². The number of hydrogen-bond acceptors (Lipinski definition) is 4. The Labute approximate surface area is 77.3 Å². The van der Waals surface area contributed by atoms with Crippen LogP contribution in [0.1, 0.15) is 27.2 Å². The van der Waals surface area contributed by atoms with Gasteiger partial charge in [0.2, 0.25) is 0 Å². The molecule has 4 heteroatoms. The number of ether oxygens (including phenoxy) is 1. The Balaban J connectivity index is 4.30. The van der Waals surface area contributed by atoms with Crippen molar-refractivity contribution in [3.63, 3.8) is 0 Å². The third-order valence-electron chi connectivity index (χ3n) is 1.50. The zero-order valence-corrected chi connectivity index (χ0v) is 8.12. The number of carbonyl (C=O) groups is 3. The summed E-state index contributed by atoms with van der Waals surface area (Å²) in [6.45, 7) is 4.50. The summed E-state index contributed by atoms with van der Waals surface area (Å²) in [5, 5.41) is 0. The van der Waals surface area contributed by atoms with Crippen LogP contribution in [-0.2, 0) is 19.1 Å². The number of hydrogen-bond donors (Lipinski definition) is 0. The minimum Gasteiger partial charge on any atom is -0.465 e. The van der Waals surface area contributed by atoms with E-state index in [2.05, 4.69) is 0 Å². The first-order valence-corrected chi connectivity index (χ1v) is 4.18. The SMILES string of the molecule is CCCOC(=O)C(C(C)=O)C(C)=O. The van der Waals surface area contributed by atoms with Crippen molar-refractivity contribution < 1.29 is 19.1 Å². The van der Waals surface area contributed by atoms with E-state index in [1.54, 1.807) is 0 Å². The largest absolute Gasteiger partial charge is 0.465 e. The second kappa shape index (κ2) is 5.45. The van der Waals surface area contributed by atoms with Crippen LogP contribution in [0.5, 0.6) is 0 Å². The maximum absolute atomic E-state index is 11.1. The molecule has 0 N–H and O–H groups in total. The van der Waals surface area contributed by atoms with Crippen LogP contribution in [-0.4, -0.2) is 24.1 Å². The smallest absolute Gasteiger partial charge is 0.324 e. The van der Waals surface area contributed by atoms with Gasteiger partial charge in [0.25, 0.3) is 0 Å². The summed E-state index contributed by atoms with van der Waals surface area (Å²) in [5.74, 6) is -2.89. The normalized spacial score (nSPS) is 9.85. The number of carbonyl (C=O) groups excluding carboxylic acids is 3. The molecule has 0 saturated heterocycles. The number of esters is 1. The molecule has 0 aliphatic heterocycles. The average molecular weight is 186 g/mol. The molecule has 0 spiro atoms. The second-order valence-corrected chi connectivity index (χ2v) is 2.82. The molecule has 0 aromatic rings. The Kier molecular flexibility index (Phi) is 4.96. The number of rotatable bonds is 5. The fourth-order valence-electron chi connectivity index (χ4n) is 0.904. The number of ketones is 2. The van der Waals surface area contributed by atoms with E-state index in [1.807, 2.05) is 6.92 Å². The van der Waals surface area contributed by atoms with E-state index < -0.39 is 23.5 Å². The van der Waals surface area contributed by atoms with Crippen molar-refractivity contribution in [3.8, 4) is 0 Å². The first-order valence-electron chi connectivity index (χ1n) is 4.18. The van der Waals surface area contributed by atoms with E-state index in [1.165, 1.54) is 13.8 Å². The molecule has 0 radical (unpaired) electrons. The molecule has 74 valence electrons. The molecule has 0 aliphatic carbocycles. The lowest BCUT2D eigenvalue weighted by Crippen LogP contribution is -2.30. The van der Waals surface area contributed by atoms with E-state index in [0.29, 0.717) is 6.42 Å². The van der Waals surface area contributed by atoms with Gasteiger partial charge in [-0.05, 0) is 20.3 Å².